The van der Waals surface area contributed by atoms with Crippen molar-refractivity contribution in [2.45, 2.75) is 29.8 Å². The van der Waals surface area contributed by atoms with E-state index in [1.165, 1.54) is 4.88 Å². The van der Waals surface area contributed by atoms with Crippen molar-refractivity contribution < 1.29 is 31.2 Å². The molecule has 0 spiro atoms. The zero-order chi connectivity index (χ0) is 21.2. The average Bonchev–Trinajstić information content (AvgIpc) is 3.14. The van der Waals surface area contributed by atoms with E-state index in [0.717, 1.165) is 36.2 Å². The fraction of sp³-hybridized carbons (Fsp3) is 0.333. The molecule has 11 heteroatoms. The average molecular weight is 446 g/mol. The van der Waals surface area contributed by atoms with Crippen LogP contribution in [0.1, 0.15) is 27.2 Å². The highest BCUT2D eigenvalue weighted by atomic mass is 32.2. The van der Waals surface area contributed by atoms with Gasteiger partial charge in [-0.1, -0.05) is 0 Å². The number of sulfone groups is 1. The van der Waals surface area contributed by atoms with E-state index in [1.807, 2.05) is 11.4 Å². The Morgan fingerprint density at radius 3 is 2.48 bits per heavy atom. The molecule has 1 N–H and O–H groups in total. The maximum absolute atomic E-state index is 12.5. The number of rotatable bonds is 5. The third kappa shape index (κ3) is 4.61. The predicted octanol–water partition coefficient (Wildman–Crippen LogP) is 2.75. The van der Waals surface area contributed by atoms with E-state index in [1.54, 1.807) is 16.2 Å². The normalized spacial score (nSPS) is 14.4. The molecule has 6 nitrogen and oxygen atoms in total. The number of halogens is 3. The van der Waals surface area contributed by atoms with Gasteiger partial charge in [-0.15, -0.1) is 11.3 Å². The summed E-state index contributed by atoms with van der Waals surface area (Å²) in [5, 5.41) is 4.51. The number of carbonyl (C=O) groups excluding carboxylic acids is 2. The van der Waals surface area contributed by atoms with Gasteiger partial charge >= 0.3 is 5.51 Å². The maximum atomic E-state index is 12.5. The van der Waals surface area contributed by atoms with Crippen molar-refractivity contribution in [1.29, 1.82) is 0 Å². The summed E-state index contributed by atoms with van der Waals surface area (Å²) in [7, 11) is -5.46. The molecule has 1 aliphatic heterocycles. The maximum Gasteiger partial charge on any atom is 0.501 e. The van der Waals surface area contributed by atoms with Crippen LogP contribution in [0.3, 0.4) is 0 Å². The van der Waals surface area contributed by atoms with Gasteiger partial charge in [0.15, 0.2) is 0 Å². The molecule has 1 aromatic carbocycles. The topological polar surface area (TPSA) is 83.6 Å². The molecule has 0 saturated carbocycles. The fourth-order valence-corrected chi connectivity index (χ4v) is 4.57. The van der Waals surface area contributed by atoms with Gasteiger partial charge in [-0.2, -0.15) is 13.2 Å². The van der Waals surface area contributed by atoms with Gasteiger partial charge in [0.1, 0.15) is 0 Å². The quantitative estimate of drug-likeness (QED) is 0.766. The number of hydrogen-bond donors (Lipinski definition) is 1. The van der Waals surface area contributed by atoms with Crippen LogP contribution in [0, 0.1) is 0 Å². The van der Waals surface area contributed by atoms with E-state index in [9.17, 15) is 31.2 Å². The Labute approximate surface area is 169 Å². The summed E-state index contributed by atoms with van der Waals surface area (Å²) in [6, 6.07) is 5.45. The van der Waals surface area contributed by atoms with Crippen molar-refractivity contribution in [2.24, 2.45) is 0 Å². The zero-order valence-corrected chi connectivity index (χ0v) is 16.7. The highest BCUT2D eigenvalue weighted by Gasteiger charge is 2.46. The molecule has 3 rings (SSSR count). The standard InChI is InChI=1S/C18H17F3N2O4S2/c19-18(20,21)29(26,27)14-3-1-12(2-4-14)17(25)22-8-5-16(24)23-9-6-15-13(11-23)7-10-28-15/h1-4,7,10H,5-6,8-9,11H2,(H,22,25). The molecule has 0 unspecified atom stereocenters. The molecular weight excluding hydrogens is 429 g/mol. The first kappa shape index (κ1) is 21.3. The van der Waals surface area contributed by atoms with E-state index in [-0.39, 0.29) is 24.4 Å². The van der Waals surface area contributed by atoms with Crippen molar-refractivity contribution in [3.05, 3.63) is 51.7 Å². The van der Waals surface area contributed by atoms with Crippen LogP contribution in [0.25, 0.3) is 0 Å². The van der Waals surface area contributed by atoms with Crippen LogP contribution in [-0.2, 0) is 27.6 Å². The second-order valence-electron chi connectivity index (χ2n) is 6.41. The second-order valence-corrected chi connectivity index (χ2v) is 9.36. The van der Waals surface area contributed by atoms with E-state index < -0.39 is 26.1 Å². The van der Waals surface area contributed by atoms with Crippen molar-refractivity contribution in [1.82, 2.24) is 10.2 Å². The number of fused-ring (bicyclic) bond motifs is 1. The van der Waals surface area contributed by atoms with Gasteiger partial charge in [0.25, 0.3) is 15.7 Å². The van der Waals surface area contributed by atoms with Crippen LogP contribution in [0.4, 0.5) is 13.2 Å². The molecule has 29 heavy (non-hydrogen) atoms. The van der Waals surface area contributed by atoms with Gasteiger partial charge in [0.2, 0.25) is 5.91 Å². The van der Waals surface area contributed by atoms with Gasteiger partial charge in [0.05, 0.1) is 4.90 Å². The molecule has 0 atom stereocenters. The van der Waals surface area contributed by atoms with Crippen molar-refractivity contribution in [3.8, 4) is 0 Å². The molecule has 2 heterocycles. The Kier molecular flexibility index (Phi) is 5.99. The summed E-state index contributed by atoms with van der Waals surface area (Å²) >= 11 is 1.67. The van der Waals surface area contributed by atoms with E-state index in [0.29, 0.717) is 13.1 Å². The van der Waals surface area contributed by atoms with Crippen molar-refractivity contribution in [2.75, 3.05) is 13.1 Å². The number of nitrogens with one attached hydrogen (secondary N) is 1. The number of thiophene rings is 1. The minimum atomic E-state index is -5.46. The first-order valence-corrected chi connectivity index (χ1v) is 11.0. The second kappa shape index (κ2) is 8.15. The predicted molar refractivity (Wildman–Crippen MR) is 100 cm³/mol. The molecule has 0 aliphatic carbocycles. The lowest BCUT2D eigenvalue weighted by Gasteiger charge is -2.27. The Morgan fingerprint density at radius 2 is 1.83 bits per heavy atom. The molecule has 0 radical (unpaired) electrons. The molecule has 2 amide bonds. The third-order valence-corrected chi connectivity index (χ3v) is 7.04. The van der Waals surface area contributed by atoms with E-state index >= 15 is 0 Å². The Morgan fingerprint density at radius 1 is 1.14 bits per heavy atom. The number of alkyl halides is 3. The summed E-state index contributed by atoms with van der Waals surface area (Å²) in [6.45, 7) is 1.23. The number of nitrogens with zero attached hydrogens (tertiary/aromatic N) is 1. The number of benzene rings is 1. The highest BCUT2D eigenvalue weighted by molar-refractivity contribution is 7.92. The van der Waals surface area contributed by atoms with Gasteiger partial charge in [-0.3, -0.25) is 9.59 Å². The number of carbonyl (C=O) groups is 2. The Balaban J connectivity index is 1.52. The van der Waals surface area contributed by atoms with Gasteiger partial charge in [0, 0.05) is 36.5 Å². The highest BCUT2D eigenvalue weighted by Crippen LogP contribution is 2.30. The molecule has 1 aromatic heterocycles. The fourth-order valence-electron chi connectivity index (χ4n) is 2.92. The Hall–Kier alpha value is -2.40. The van der Waals surface area contributed by atoms with Crippen LogP contribution < -0.4 is 5.32 Å². The minimum absolute atomic E-state index is 0.000499. The summed E-state index contributed by atoms with van der Waals surface area (Å²) < 4.78 is 60.3. The minimum Gasteiger partial charge on any atom is -0.352 e. The van der Waals surface area contributed by atoms with Gasteiger partial charge in [-0.05, 0) is 47.7 Å². The zero-order valence-electron chi connectivity index (χ0n) is 15.0. The lowest BCUT2D eigenvalue weighted by molar-refractivity contribution is -0.131. The SMILES string of the molecule is O=C(NCCC(=O)N1CCc2sccc2C1)c1ccc(S(=O)(=O)C(F)(F)F)cc1. The molecule has 0 saturated heterocycles. The third-order valence-electron chi connectivity index (χ3n) is 4.52. The lowest BCUT2D eigenvalue weighted by Crippen LogP contribution is -2.37. The van der Waals surface area contributed by atoms with E-state index in [2.05, 4.69) is 5.32 Å². The van der Waals surface area contributed by atoms with Crippen LogP contribution >= 0.6 is 11.3 Å². The lowest BCUT2D eigenvalue weighted by atomic mass is 10.1. The van der Waals surface area contributed by atoms with Crippen LogP contribution in [0.15, 0.2) is 40.6 Å². The number of amides is 2. The largest absolute Gasteiger partial charge is 0.501 e. The summed E-state index contributed by atoms with van der Waals surface area (Å²) in [5.41, 5.74) is -4.28. The monoisotopic (exact) mass is 446 g/mol. The Bertz CT molecular complexity index is 1010. The summed E-state index contributed by atoms with van der Waals surface area (Å²) in [5.74, 6) is -0.707. The molecule has 0 bridgehead atoms. The van der Waals surface area contributed by atoms with E-state index in [4.69, 9.17) is 0 Å². The summed E-state index contributed by atoms with van der Waals surface area (Å²) in [4.78, 5) is 26.4. The van der Waals surface area contributed by atoms with Crippen LogP contribution in [0.2, 0.25) is 0 Å². The summed E-state index contributed by atoms with van der Waals surface area (Å²) in [6.07, 6.45) is 0.893. The number of hydrogen-bond acceptors (Lipinski definition) is 5. The smallest absolute Gasteiger partial charge is 0.352 e. The molecule has 156 valence electrons. The first-order chi connectivity index (χ1) is 13.6. The van der Waals surface area contributed by atoms with Gasteiger partial charge < -0.3 is 10.2 Å². The van der Waals surface area contributed by atoms with Crippen LogP contribution in [0.5, 0.6) is 0 Å². The van der Waals surface area contributed by atoms with Crippen molar-refractivity contribution >= 4 is 33.0 Å². The molecule has 0 fully saturated rings. The van der Waals surface area contributed by atoms with Gasteiger partial charge in [-0.25, -0.2) is 8.42 Å². The van der Waals surface area contributed by atoms with Crippen LogP contribution in [-0.4, -0.2) is 43.7 Å². The van der Waals surface area contributed by atoms with Crippen molar-refractivity contribution in [3.63, 3.8) is 0 Å². The molecular formula is C18H17F3N2O4S2. The first-order valence-electron chi connectivity index (χ1n) is 8.62. The molecule has 1 aliphatic rings. The molecule has 2 aromatic rings.